The lowest BCUT2D eigenvalue weighted by atomic mass is 9.71. The smallest absolute Gasteiger partial charge is 0.225 e. The van der Waals surface area contributed by atoms with Crippen molar-refractivity contribution in [2.24, 2.45) is 17.3 Å². The van der Waals surface area contributed by atoms with Gasteiger partial charge in [-0.1, -0.05) is 47.0 Å². The van der Waals surface area contributed by atoms with Gasteiger partial charge < -0.3 is 9.80 Å². The standard InChI is InChI=1S/C21H40N2O/c1-5-9-19(7-3)10-8-13-22-16-21(17-22)11-14-23(15-12-21)20(24)18(4)6-2/h18-19H,5-17H2,1-4H3. The molecule has 0 saturated carbocycles. The molecule has 1 amide bonds. The number of rotatable bonds is 9. The number of piperidine rings is 1. The Bertz CT molecular complexity index is 379. The molecule has 2 rings (SSSR count). The molecule has 0 aromatic carbocycles. The summed E-state index contributed by atoms with van der Waals surface area (Å²) in [5, 5.41) is 0. The molecular formula is C21H40N2O. The first kappa shape index (κ1) is 19.8. The van der Waals surface area contributed by atoms with Gasteiger partial charge in [0.1, 0.15) is 0 Å². The predicted molar refractivity (Wildman–Crippen MR) is 102 cm³/mol. The van der Waals surface area contributed by atoms with Gasteiger partial charge >= 0.3 is 0 Å². The van der Waals surface area contributed by atoms with Crippen LogP contribution in [0.4, 0.5) is 0 Å². The number of hydrogen-bond donors (Lipinski definition) is 0. The average Bonchev–Trinajstić information content (AvgIpc) is 2.58. The molecule has 2 aliphatic rings. The molecule has 2 atom stereocenters. The molecule has 0 N–H and O–H groups in total. The molecule has 2 unspecified atom stereocenters. The number of hydrogen-bond acceptors (Lipinski definition) is 2. The van der Waals surface area contributed by atoms with E-state index in [0.29, 0.717) is 11.3 Å². The summed E-state index contributed by atoms with van der Waals surface area (Å²) in [7, 11) is 0. The fourth-order valence-electron chi connectivity index (χ4n) is 4.63. The molecule has 3 nitrogen and oxygen atoms in total. The quantitative estimate of drug-likeness (QED) is 0.616. The van der Waals surface area contributed by atoms with E-state index in [1.807, 2.05) is 0 Å². The molecular weight excluding hydrogens is 296 g/mol. The molecule has 0 bridgehead atoms. The second kappa shape index (κ2) is 9.22. The van der Waals surface area contributed by atoms with Crippen molar-refractivity contribution in [2.75, 3.05) is 32.7 Å². The van der Waals surface area contributed by atoms with Gasteiger partial charge in [0, 0.05) is 32.1 Å². The highest BCUT2D eigenvalue weighted by atomic mass is 16.2. The van der Waals surface area contributed by atoms with Gasteiger partial charge in [0.05, 0.1) is 0 Å². The van der Waals surface area contributed by atoms with Crippen LogP contribution in [-0.2, 0) is 4.79 Å². The fourth-order valence-corrected chi connectivity index (χ4v) is 4.63. The number of carbonyl (C=O) groups excluding carboxylic acids is 1. The second-order valence-electron chi connectivity index (χ2n) is 8.55. The van der Waals surface area contributed by atoms with Crippen molar-refractivity contribution in [3.05, 3.63) is 0 Å². The summed E-state index contributed by atoms with van der Waals surface area (Å²) in [6, 6.07) is 0. The number of carbonyl (C=O) groups is 1. The predicted octanol–water partition coefficient (Wildman–Crippen LogP) is 4.56. The van der Waals surface area contributed by atoms with Gasteiger partial charge in [-0.2, -0.15) is 0 Å². The first-order valence-corrected chi connectivity index (χ1v) is 10.5. The van der Waals surface area contributed by atoms with E-state index in [4.69, 9.17) is 0 Å². The molecule has 0 aliphatic carbocycles. The minimum atomic E-state index is 0.201. The Balaban J connectivity index is 1.63. The van der Waals surface area contributed by atoms with E-state index in [-0.39, 0.29) is 5.92 Å². The number of likely N-dealkylation sites (tertiary alicyclic amines) is 2. The highest BCUT2D eigenvalue weighted by Gasteiger charge is 2.45. The van der Waals surface area contributed by atoms with Crippen LogP contribution in [0.5, 0.6) is 0 Å². The van der Waals surface area contributed by atoms with E-state index in [1.165, 1.54) is 64.6 Å². The summed E-state index contributed by atoms with van der Waals surface area (Å²) in [6.07, 6.45) is 10.3. The average molecular weight is 337 g/mol. The van der Waals surface area contributed by atoms with Gasteiger partial charge in [0.2, 0.25) is 5.91 Å². The summed E-state index contributed by atoms with van der Waals surface area (Å²) < 4.78 is 0. The molecule has 0 aromatic rings. The van der Waals surface area contributed by atoms with Crippen LogP contribution in [0.2, 0.25) is 0 Å². The van der Waals surface area contributed by atoms with Crippen molar-refractivity contribution >= 4 is 5.91 Å². The molecule has 0 aromatic heterocycles. The van der Waals surface area contributed by atoms with Gasteiger partial charge in [-0.15, -0.1) is 0 Å². The molecule has 0 radical (unpaired) electrons. The van der Waals surface area contributed by atoms with Gasteiger partial charge in [-0.25, -0.2) is 0 Å². The van der Waals surface area contributed by atoms with Crippen LogP contribution < -0.4 is 0 Å². The van der Waals surface area contributed by atoms with E-state index in [1.54, 1.807) is 0 Å². The van der Waals surface area contributed by atoms with Crippen LogP contribution in [0, 0.1) is 17.3 Å². The Morgan fingerprint density at radius 3 is 2.25 bits per heavy atom. The Morgan fingerprint density at radius 2 is 1.71 bits per heavy atom. The third kappa shape index (κ3) is 4.97. The maximum atomic E-state index is 12.3. The lowest BCUT2D eigenvalue weighted by molar-refractivity contribution is -0.140. The SMILES string of the molecule is CCCC(CC)CCCN1CC2(CCN(C(=O)C(C)CC)CC2)C1. The van der Waals surface area contributed by atoms with Crippen LogP contribution in [0.1, 0.15) is 79.1 Å². The first-order chi connectivity index (χ1) is 11.5. The lowest BCUT2D eigenvalue weighted by Gasteiger charge is -2.54. The van der Waals surface area contributed by atoms with Crippen LogP contribution in [0.3, 0.4) is 0 Å². The van der Waals surface area contributed by atoms with E-state index in [9.17, 15) is 4.79 Å². The highest BCUT2D eigenvalue weighted by molar-refractivity contribution is 5.78. The van der Waals surface area contributed by atoms with Crippen molar-refractivity contribution < 1.29 is 4.79 Å². The van der Waals surface area contributed by atoms with Crippen molar-refractivity contribution in [1.29, 1.82) is 0 Å². The molecule has 2 fully saturated rings. The summed E-state index contributed by atoms with van der Waals surface area (Å²) >= 11 is 0. The molecule has 3 heteroatoms. The van der Waals surface area contributed by atoms with Crippen LogP contribution in [-0.4, -0.2) is 48.4 Å². The van der Waals surface area contributed by atoms with Crippen molar-refractivity contribution in [2.45, 2.75) is 79.1 Å². The Morgan fingerprint density at radius 1 is 1.04 bits per heavy atom. The zero-order chi connectivity index (χ0) is 17.6. The molecule has 24 heavy (non-hydrogen) atoms. The van der Waals surface area contributed by atoms with Crippen LogP contribution >= 0.6 is 0 Å². The van der Waals surface area contributed by atoms with Gasteiger partial charge in [0.25, 0.3) is 0 Å². The Labute approximate surface area is 150 Å². The van der Waals surface area contributed by atoms with E-state index >= 15 is 0 Å². The molecule has 140 valence electrons. The van der Waals surface area contributed by atoms with Crippen molar-refractivity contribution in [3.63, 3.8) is 0 Å². The van der Waals surface area contributed by atoms with Crippen molar-refractivity contribution in [1.82, 2.24) is 9.80 Å². The van der Waals surface area contributed by atoms with Crippen LogP contribution in [0.25, 0.3) is 0 Å². The summed E-state index contributed by atoms with van der Waals surface area (Å²) in [5.74, 6) is 1.52. The molecule has 2 saturated heterocycles. The zero-order valence-electron chi connectivity index (χ0n) is 16.6. The third-order valence-electron chi connectivity index (χ3n) is 6.65. The maximum Gasteiger partial charge on any atom is 0.225 e. The van der Waals surface area contributed by atoms with Gasteiger partial charge in [0.15, 0.2) is 0 Å². The highest BCUT2D eigenvalue weighted by Crippen LogP contribution is 2.40. The summed E-state index contributed by atoms with van der Waals surface area (Å²) in [4.78, 5) is 17.1. The van der Waals surface area contributed by atoms with E-state index in [0.717, 1.165) is 25.4 Å². The van der Waals surface area contributed by atoms with E-state index in [2.05, 4.69) is 37.5 Å². The van der Waals surface area contributed by atoms with E-state index < -0.39 is 0 Å². The van der Waals surface area contributed by atoms with Crippen LogP contribution in [0.15, 0.2) is 0 Å². The second-order valence-corrected chi connectivity index (χ2v) is 8.55. The molecule has 1 spiro atoms. The van der Waals surface area contributed by atoms with Gasteiger partial charge in [-0.05, 0) is 50.0 Å². The monoisotopic (exact) mass is 336 g/mol. The normalized spacial score (nSPS) is 23.1. The largest absolute Gasteiger partial charge is 0.342 e. The van der Waals surface area contributed by atoms with Crippen molar-refractivity contribution in [3.8, 4) is 0 Å². The third-order valence-corrected chi connectivity index (χ3v) is 6.65. The Hall–Kier alpha value is -0.570. The molecule has 2 heterocycles. The maximum absolute atomic E-state index is 12.3. The summed E-state index contributed by atoms with van der Waals surface area (Å²) in [6.45, 7) is 14.7. The topological polar surface area (TPSA) is 23.6 Å². The Kier molecular flexibility index (Phi) is 7.59. The fraction of sp³-hybridized carbons (Fsp3) is 0.952. The minimum Gasteiger partial charge on any atom is -0.342 e. The van der Waals surface area contributed by atoms with Gasteiger partial charge in [-0.3, -0.25) is 4.79 Å². The first-order valence-electron chi connectivity index (χ1n) is 10.5. The lowest BCUT2D eigenvalue weighted by Crippen LogP contribution is -2.61. The zero-order valence-corrected chi connectivity index (χ0v) is 16.6. The molecule has 2 aliphatic heterocycles. The minimum absolute atomic E-state index is 0.201. The number of amides is 1. The number of nitrogens with zero attached hydrogens (tertiary/aromatic N) is 2. The summed E-state index contributed by atoms with van der Waals surface area (Å²) in [5.41, 5.74) is 0.541.